The summed E-state index contributed by atoms with van der Waals surface area (Å²) >= 11 is 5.76. The van der Waals surface area contributed by atoms with Gasteiger partial charge in [0.05, 0.1) is 0 Å². The van der Waals surface area contributed by atoms with Crippen LogP contribution in [0.4, 0.5) is 8.78 Å². The van der Waals surface area contributed by atoms with E-state index in [9.17, 15) is 8.78 Å². The van der Waals surface area contributed by atoms with E-state index in [1.807, 2.05) is 12.1 Å². The van der Waals surface area contributed by atoms with E-state index in [4.69, 9.17) is 16.4 Å². The minimum atomic E-state index is -2.51. The van der Waals surface area contributed by atoms with E-state index in [2.05, 4.69) is 11.4 Å². The zero-order valence-corrected chi connectivity index (χ0v) is 11.1. The Kier molecular flexibility index (Phi) is 5.07. The first-order valence-corrected chi connectivity index (χ1v) is 6.23. The normalized spacial score (nSPS) is 11.2. The minimum absolute atomic E-state index is 0.0668. The Hall–Kier alpha value is -1.94. The van der Waals surface area contributed by atoms with Gasteiger partial charge in [0.15, 0.2) is 0 Å². The molecule has 0 fully saturated rings. The SMILES string of the molecule is FC(F)c1cccc(/[C]=N\OCc2ccc(Cl)cc2)c1. The molecule has 0 aliphatic heterocycles. The topological polar surface area (TPSA) is 21.6 Å². The van der Waals surface area contributed by atoms with Crippen LogP contribution in [0.5, 0.6) is 0 Å². The van der Waals surface area contributed by atoms with Gasteiger partial charge < -0.3 is 4.84 Å². The summed E-state index contributed by atoms with van der Waals surface area (Å²) in [6, 6.07) is 13.0. The van der Waals surface area contributed by atoms with Gasteiger partial charge in [-0.2, -0.15) is 0 Å². The van der Waals surface area contributed by atoms with Crippen LogP contribution >= 0.6 is 11.6 Å². The zero-order valence-electron chi connectivity index (χ0n) is 10.4. The van der Waals surface area contributed by atoms with Crippen molar-refractivity contribution in [3.05, 3.63) is 70.2 Å². The van der Waals surface area contributed by atoms with Crippen LogP contribution in [0.1, 0.15) is 23.1 Å². The van der Waals surface area contributed by atoms with Gasteiger partial charge >= 0.3 is 0 Å². The van der Waals surface area contributed by atoms with Crippen molar-refractivity contribution in [1.29, 1.82) is 0 Å². The number of benzene rings is 2. The lowest BCUT2D eigenvalue weighted by Gasteiger charge is -2.01. The maximum atomic E-state index is 12.5. The third-order valence-corrected chi connectivity index (χ3v) is 2.77. The summed E-state index contributed by atoms with van der Waals surface area (Å²) in [6.45, 7) is 0.263. The van der Waals surface area contributed by atoms with Crippen molar-refractivity contribution in [3.8, 4) is 0 Å². The fraction of sp³-hybridized carbons (Fsp3) is 0.133. The van der Waals surface area contributed by atoms with Crippen LogP contribution in [0.3, 0.4) is 0 Å². The molecule has 0 atom stereocenters. The van der Waals surface area contributed by atoms with Gasteiger partial charge in [-0.1, -0.05) is 47.1 Å². The zero-order chi connectivity index (χ0) is 14.4. The van der Waals surface area contributed by atoms with Gasteiger partial charge in [0.1, 0.15) is 12.8 Å². The Labute approximate surface area is 120 Å². The predicted octanol–water partition coefficient (Wildman–Crippen LogP) is 4.71. The highest BCUT2D eigenvalue weighted by molar-refractivity contribution is 6.30. The quantitative estimate of drug-likeness (QED) is 0.578. The molecule has 20 heavy (non-hydrogen) atoms. The summed E-state index contributed by atoms with van der Waals surface area (Å²) in [5, 5.41) is 4.28. The second-order valence-corrected chi connectivity index (χ2v) is 4.47. The molecule has 1 radical (unpaired) electrons. The molecule has 0 saturated carbocycles. The van der Waals surface area contributed by atoms with Crippen LogP contribution in [0, 0.1) is 0 Å². The molecule has 2 nitrogen and oxygen atoms in total. The molecule has 0 aliphatic carbocycles. The Morgan fingerprint density at radius 3 is 2.60 bits per heavy atom. The molecule has 103 valence electrons. The molecular weight excluding hydrogens is 284 g/mol. The van der Waals surface area contributed by atoms with Crippen LogP contribution in [0.15, 0.2) is 53.7 Å². The highest BCUT2D eigenvalue weighted by atomic mass is 35.5. The molecule has 2 aromatic carbocycles. The van der Waals surface area contributed by atoms with Crippen LogP contribution in [-0.4, -0.2) is 6.21 Å². The molecule has 0 heterocycles. The number of alkyl halides is 2. The van der Waals surface area contributed by atoms with Crippen molar-refractivity contribution >= 4 is 17.8 Å². The van der Waals surface area contributed by atoms with E-state index in [-0.39, 0.29) is 12.2 Å². The lowest BCUT2D eigenvalue weighted by molar-refractivity contribution is 0.132. The van der Waals surface area contributed by atoms with Crippen molar-refractivity contribution < 1.29 is 13.6 Å². The summed E-state index contributed by atoms with van der Waals surface area (Å²) in [5.41, 5.74) is 1.28. The van der Waals surface area contributed by atoms with Crippen LogP contribution in [0.2, 0.25) is 5.02 Å². The van der Waals surface area contributed by atoms with E-state index in [0.29, 0.717) is 10.6 Å². The largest absolute Gasteiger partial charge is 0.390 e. The van der Waals surface area contributed by atoms with Gasteiger partial charge in [0.25, 0.3) is 6.43 Å². The van der Waals surface area contributed by atoms with E-state index in [1.54, 1.807) is 18.2 Å². The fourth-order valence-electron chi connectivity index (χ4n) is 1.52. The van der Waals surface area contributed by atoms with Crippen molar-refractivity contribution in [3.63, 3.8) is 0 Å². The van der Waals surface area contributed by atoms with Gasteiger partial charge in [-0.3, -0.25) is 0 Å². The molecule has 0 bridgehead atoms. The number of hydrogen-bond donors (Lipinski definition) is 0. The maximum absolute atomic E-state index is 12.5. The van der Waals surface area contributed by atoms with Crippen molar-refractivity contribution in [2.45, 2.75) is 13.0 Å². The molecule has 0 aliphatic rings. The first kappa shape index (κ1) is 14.5. The van der Waals surface area contributed by atoms with Gasteiger partial charge in [-0.15, -0.1) is 0 Å². The monoisotopic (exact) mass is 294 g/mol. The van der Waals surface area contributed by atoms with E-state index < -0.39 is 6.43 Å². The highest BCUT2D eigenvalue weighted by Gasteiger charge is 2.06. The molecule has 0 unspecified atom stereocenters. The second-order valence-electron chi connectivity index (χ2n) is 4.03. The number of rotatable bonds is 5. The molecule has 0 saturated heterocycles. The Morgan fingerprint density at radius 2 is 1.90 bits per heavy atom. The fourth-order valence-corrected chi connectivity index (χ4v) is 1.64. The molecule has 0 amide bonds. The second kappa shape index (κ2) is 7.01. The summed E-state index contributed by atoms with van der Waals surface area (Å²) in [5.74, 6) is 0. The van der Waals surface area contributed by atoms with Gasteiger partial charge in [-0.05, 0) is 23.8 Å². The van der Waals surface area contributed by atoms with Crippen molar-refractivity contribution in [2.24, 2.45) is 5.16 Å². The average Bonchev–Trinajstić information content (AvgIpc) is 2.46. The predicted molar refractivity (Wildman–Crippen MR) is 74.2 cm³/mol. The lowest BCUT2D eigenvalue weighted by atomic mass is 10.1. The van der Waals surface area contributed by atoms with Gasteiger partial charge in [-0.25, -0.2) is 8.78 Å². The van der Waals surface area contributed by atoms with E-state index in [0.717, 1.165) is 5.56 Å². The molecule has 2 rings (SSSR count). The van der Waals surface area contributed by atoms with Crippen molar-refractivity contribution in [1.82, 2.24) is 0 Å². The summed E-state index contributed by atoms with van der Waals surface area (Å²) in [6.07, 6.45) is 0.0573. The smallest absolute Gasteiger partial charge is 0.263 e. The molecule has 0 aromatic heterocycles. The summed E-state index contributed by atoms with van der Waals surface area (Å²) in [7, 11) is 0. The first-order valence-electron chi connectivity index (χ1n) is 5.86. The maximum Gasteiger partial charge on any atom is 0.263 e. The van der Waals surface area contributed by atoms with Crippen LogP contribution in [0.25, 0.3) is 0 Å². The minimum Gasteiger partial charge on any atom is -0.390 e. The van der Waals surface area contributed by atoms with Crippen LogP contribution < -0.4 is 0 Å². The number of nitrogens with zero attached hydrogens (tertiary/aromatic N) is 1. The molecule has 5 heteroatoms. The lowest BCUT2D eigenvalue weighted by Crippen LogP contribution is -1.90. The first-order chi connectivity index (χ1) is 9.65. The van der Waals surface area contributed by atoms with E-state index >= 15 is 0 Å². The highest BCUT2D eigenvalue weighted by Crippen LogP contribution is 2.18. The standard InChI is InChI=1S/C15H11ClF2NO/c16-14-6-4-11(5-7-14)10-20-19-9-12-2-1-3-13(8-12)15(17)18/h1-8,15H,10H2. The Morgan fingerprint density at radius 1 is 1.15 bits per heavy atom. The van der Waals surface area contributed by atoms with E-state index in [1.165, 1.54) is 18.2 Å². The molecule has 2 aromatic rings. The molecule has 0 spiro atoms. The third kappa shape index (κ3) is 4.31. The summed E-state index contributed by atoms with van der Waals surface area (Å²) in [4.78, 5) is 5.05. The van der Waals surface area contributed by atoms with Gasteiger partial charge in [0.2, 0.25) is 0 Å². The molecule has 0 N–H and O–H groups in total. The van der Waals surface area contributed by atoms with Crippen molar-refractivity contribution in [2.75, 3.05) is 0 Å². The third-order valence-electron chi connectivity index (χ3n) is 2.52. The van der Waals surface area contributed by atoms with Gasteiger partial charge in [0, 0.05) is 16.1 Å². The average molecular weight is 295 g/mol. The summed E-state index contributed by atoms with van der Waals surface area (Å²) < 4.78 is 25.0. The number of hydrogen-bond acceptors (Lipinski definition) is 2. The molecular formula is C15H11ClF2NO. The number of halogens is 3. The van der Waals surface area contributed by atoms with Crippen LogP contribution in [-0.2, 0) is 11.4 Å². The Bertz CT molecular complexity index is 585. The Balaban J connectivity index is 1.90.